The number of rotatable bonds is 2. The van der Waals surface area contributed by atoms with Crippen LogP contribution in [-0.4, -0.2) is 52.3 Å². The highest BCUT2D eigenvalue weighted by atomic mass is 32.1. The highest BCUT2D eigenvalue weighted by Crippen LogP contribution is 2.43. The fourth-order valence-corrected chi connectivity index (χ4v) is 4.45. The first-order chi connectivity index (χ1) is 9.97. The molecule has 2 atom stereocenters. The first-order valence-corrected chi connectivity index (χ1v) is 8.24. The third kappa shape index (κ3) is 2.19. The van der Waals surface area contributed by atoms with Crippen LogP contribution in [0.5, 0.6) is 0 Å². The summed E-state index contributed by atoms with van der Waals surface area (Å²) in [5, 5.41) is 0. The van der Waals surface area contributed by atoms with E-state index in [4.69, 9.17) is 18.0 Å². The summed E-state index contributed by atoms with van der Waals surface area (Å²) >= 11 is 5.29. The summed E-state index contributed by atoms with van der Waals surface area (Å²) < 4.78 is 0. The molecule has 116 valence electrons. The van der Waals surface area contributed by atoms with Crippen molar-refractivity contribution in [2.45, 2.75) is 44.1 Å². The molecule has 5 nitrogen and oxygen atoms in total. The largest absolute Gasteiger partial charge is 0.391 e. The van der Waals surface area contributed by atoms with Gasteiger partial charge < -0.3 is 10.6 Å². The van der Waals surface area contributed by atoms with Crippen LogP contribution in [-0.2, 0) is 9.59 Å². The van der Waals surface area contributed by atoms with Gasteiger partial charge >= 0.3 is 0 Å². The number of fused-ring (bicyclic) bond motifs is 1. The molecule has 0 aromatic heterocycles. The van der Waals surface area contributed by atoms with Crippen molar-refractivity contribution in [3.8, 4) is 0 Å². The van der Waals surface area contributed by atoms with E-state index in [0.717, 1.165) is 38.8 Å². The molecule has 2 amide bonds. The molecule has 3 aliphatic rings. The topological polar surface area (TPSA) is 66.6 Å². The first kappa shape index (κ1) is 14.9. The van der Waals surface area contributed by atoms with E-state index in [1.54, 1.807) is 0 Å². The van der Waals surface area contributed by atoms with Crippen molar-refractivity contribution in [1.82, 2.24) is 9.80 Å². The zero-order valence-corrected chi connectivity index (χ0v) is 13.3. The summed E-state index contributed by atoms with van der Waals surface area (Å²) in [5.41, 5.74) is 5.28. The van der Waals surface area contributed by atoms with E-state index < -0.39 is 5.54 Å². The Morgan fingerprint density at radius 1 is 1.14 bits per heavy atom. The van der Waals surface area contributed by atoms with Crippen LogP contribution in [0.15, 0.2) is 0 Å². The number of carbonyl (C=O) groups is 2. The Kier molecular flexibility index (Phi) is 3.78. The third-order valence-electron chi connectivity index (χ3n) is 5.54. The molecule has 2 N–H and O–H groups in total. The monoisotopic (exact) mass is 309 g/mol. The fraction of sp³-hybridized carbons (Fsp3) is 0.800. The molecule has 0 aromatic carbocycles. The molecule has 0 radical (unpaired) electrons. The molecule has 0 bridgehead atoms. The number of likely N-dealkylation sites (tertiary alicyclic amines) is 2. The summed E-state index contributed by atoms with van der Waals surface area (Å²) in [6, 6.07) is 0. The number of amides is 2. The van der Waals surface area contributed by atoms with Crippen molar-refractivity contribution in [2.75, 3.05) is 20.1 Å². The average Bonchev–Trinajstić information content (AvgIpc) is 2.73. The quantitative estimate of drug-likeness (QED) is 0.607. The predicted octanol–water partition coefficient (Wildman–Crippen LogP) is 0.912. The molecule has 1 saturated carbocycles. The van der Waals surface area contributed by atoms with Crippen LogP contribution < -0.4 is 5.73 Å². The lowest BCUT2D eigenvalue weighted by molar-refractivity contribution is -0.146. The van der Waals surface area contributed by atoms with E-state index in [-0.39, 0.29) is 23.7 Å². The molecule has 21 heavy (non-hydrogen) atoms. The van der Waals surface area contributed by atoms with Gasteiger partial charge in [0.1, 0.15) is 5.54 Å². The number of imide groups is 1. The Hall–Kier alpha value is -1.01. The number of nitrogens with zero attached hydrogens (tertiary/aromatic N) is 2. The molecule has 3 fully saturated rings. The number of thiocarbonyl (C=S) groups is 1. The second-order valence-electron chi connectivity index (χ2n) is 6.71. The van der Waals surface area contributed by atoms with E-state index in [2.05, 4.69) is 4.90 Å². The Morgan fingerprint density at radius 2 is 1.62 bits per heavy atom. The molecular formula is C15H23N3O2S. The highest BCUT2D eigenvalue weighted by molar-refractivity contribution is 7.80. The van der Waals surface area contributed by atoms with Gasteiger partial charge in [-0.1, -0.05) is 25.1 Å². The van der Waals surface area contributed by atoms with E-state index >= 15 is 0 Å². The van der Waals surface area contributed by atoms with Gasteiger partial charge in [0.2, 0.25) is 11.8 Å². The van der Waals surface area contributed by atoms with Crippen molar-refractivity contribution in [1.29, 1.82) is 0 Å². The van der Waals surface area contributed by atoms with Gasteiger partial charge in [-0.25, -0.2) is 0 Å². The number of nitrogens with two attached hydrogens (primary N) is 1. The van der Waals surface area contributed by atoms with Crippen LogP contribution in [0.2, 0.25) is 0 Å². The first-order valence-electron chi connectivity index (χ1n) is 7.84. The lowest BCUT2D eigenvalue weighted by Crippen LogP contribution is -2.63. The fourth-order valence-electron chi connectivity index (χ4n) is 4.15. The van der Waals surface area contributed by atoms with Crippen LogP contribution in [0, 0.1) is 11.8 Å². The van der Waals surface area contributed by atoms with Gasteiger partial charge in [0, 0.05) is 13.1 Å². The van der Waals surface area contributed by atoms with E-state index in [1.165, 1.54) is 4.90 Å². The Balaban J connectivity index is 1.94. The van der Waals surface area contributed by atoms with Gasteiger partial charge in [-0.15, -0.1) is 0 Å². The standard InChI is InChI=1S/C15H23N3O2S/c1-17-8-6-15(7-9-17,14(16)21)18-12(19)10-4-2-3-5-11(10)13(18)20/h10-11H,2-9H2,1H3,(H2,16,21). The van der Waals surface area contributed by atoms with Crippen LogP contribution >= 0.6 is 12.2 Å². The molecule has 6 heteroatoms. The van der Waals surface area contributed by atoms with Crippen LogP contribution in [0.3, 0.4) is 0 Å². The van der Waals surface area contributed by atoms with E-state index in [0.29, 0.717) is 17.8 Å². The van der Waals surface area contributed by atoms with Gasteiger partial charge in [0.15, 0.2) is 0 Å². The second-order valence-corrected chi connectivity index (χ2v) is 7.15. The van der Waals surface area contributed by atoms with Crippen LogP contribution in [0.4, 0.5) is 0 Å². The Bertz CT molecular complexity index is 461. The summed E-state index contributed by atoms with van der Waals surface area (Å²) in [4.78, 5) is 29.6. The summed E-state index contributed by atoms with van der Waals surface area (Å²) in [6.45, 7) is 1.62. The smallest absolute Gasteiger partial charge is 0.233 e. The van der Waals surface area contributed by atoms with Crippen molar-refractivity contribution in [3.63, 3.8) is 0 Å². The summed E-state index contributed by atoms with van der Waals surface area (Å²) in [6.07, 6.45) is 5.07. The van der Waals surface area contributed by atoms with Gasteiger partial charge in [0.25, 0.3) is 0 Å². The number of piperidine rings is 1. The predicted molar refractivity (Wildman–Crippen MR) is 83.5 cm³/mol. The zero-order valence-electron chi connectivity index (χ0n) is 12.5. The molecule has 0 spiro atoms. The molecule has 2 aliphatic heterocycles. The SMILES string of the molecule is CN1CCC(C(N)=S)(N2C(=O)C3CCCCC3C2=O)CC1. The minimum absolute atomic E-state index is 0.0259. The molecule has 3 rings (SSSR count). The highest BCUT2D eigenvalue weighted by Gasteiger charge is 2.57. The average molecular weight is 309 g/mol. The van der Waals surface area contributed by atoms with E-state index in [1.807, 2.05) is 7.05 Å². The van der Waals surface area contributed by atoms with Crippen molar-refractivity contribution in [2.24, 2.45) is 17.6 Å². The van der Waals surface area contributed by atoms with Gasteiger partial charge in [0.05, 0.1) is 16.8 Å². The van der Waals surface area contributed by atoms with Gasteiger partial charge in [-0.05, 0) is 32.7 Å². The molecule has 2 unspecified atom stereocenters. The number of hydrogen-bond acceptors (Lipinski definition) is 4. The molecular weight excluding hydrogens is 286 g/mol. The van der Waals surface area contributed by atoms with Crippen molar-refractivity contribution in [3.05, 3.63) is 0 Å². The summed E-state index contributed by atoms with van der Waals surface area (Å²) in [5.74, 6) is -0.307. The van der Waals surface area contributed by atoms with E-state index in [9.17, 15) is 9.59 Å². The minimum Gasteiger partial charge on any atom is -0.391 e. The summed E-state index contributed by atoms with van der Waals surface area (Å²) in [7, 11) is 2.04. The third-order valence-corrected chi connectivity index (χ3v) is 5.92. The van der Waals surface area contributed by atoms with Crippen LogP contribution in [0.1, 0.15) is 38.5 Å². The Morgan fingerprint density at radius 3 is 2.05 bits per heavy atom. The van der Waals surface area contributed by atoms with Gasteiger partial charge in [-0.2, -0.15) is 0 Å². The number of carbonyl (C=O) groups excluding carboxylic acids is 2. The maximum atomic E-state index is 12.8. The van der Waals surface area contributed by atoms with Gasteiger partial charge in [-0.3, -0.25) is 14.5 Å². The number of hydrogen-bond donors (Lipinski definition) is 1. The maximum Gasteiger partial charge on any atom is 0.233 e. The van der Waals surface area contributed by atoms with Crippen molar-refractivity contribution < 1.29 is 9.59 Å². The van der Waals surface area contributed by atoms with Crippen molar-refractivity contribution >= 4 is 29.0 Å². The normalized spacial score (nSPS) is 33.1. The molecule has 0 aromatic rings. The maximum absolute atomic E-state index is 12.8. The molecule has 2 heterocycles. The molecule has 1 aliphatic carbocycles. The Labute approximate surface area is 130 Å². The lowest BCUT2D eigenvalue weighted by atomic mass is 9.81. The lowest BCUT2D eigenvalue weighted by Gasteiger charge is -2.45. The second kappa shape index (κ2) is 5.32. The minimum atomic E-state index is -0.729. The zero-order chi connectivity index (χ0) is 15.2. The van der Waals surface area contributed by atoms with Crippen LogP contribution in [0.25, 0.3) is 0 Å². The molecule has 2 saturated heterocycles.